The molecule has 0 aliphatic carbocycles. The molecule has 2 rings (SSSR count). The molecule has 1 aromatic heterocycles. The van der Waals surface area contributed by atoms with Gasteiger partial charge in [0.05, 0.1) is 7.11 Å². The molecule has 1 heterocycles. The second-order valence-corrected chi connectivity index (χ2v) is 6.91. The van der Waals surface area contributed by atoms with Gasteiger partial charge in [-0.25, -0.2) is 4.79 Å². The standard InChI is InChI=1S/C21H25N3O6/c1-13(2)18(23-19(26)14-7-9-15(29-4)10-8-14)21(28)30-12-17(25)22-20(27)16-6-5-11-24(16)3/h5-11,13,18H,12H2,1-4H3,(H,23,26)(H,22,25,27)/t18-/m1/s1. The van der Waals surface area contributed by atoms with Crippen molar-refractivity contribution in [1.82, 2.24) is 15.2 Å². The van der Waals surface area contributed by atoms with Gasteiger partial charge in [-0.1, -0.05) is 13.8 Å². The summed E-state index contributed by atoms with van der Waals surface area (Å²) in [6.07, 6.45) is 1.66. The first-order valence-electron chi connectivity index (χ1n) is 9.30. The highest BCUT2D eigenvalue weighted by atomic mass is 16.5. The zero-order valence-electron chi connectivity index (χ0n) is 17.3. The zero-order valence-corrected chi connectivity index (χ0v) is 17.3. The van der Waals surface area contributed by atoms with Crippen molar-refractivity contribution < 1.29 is 28.7 Å². The Morgan fingerprint density at radius 3 is 2.23 bits per heavy atom. The Bertz CT molecular complexity index is 917. The number of imide groups is 1. The van der Waals surface area contributed by atoms with Crippen LogP contribution in [0.2, 0.25) is 0 Å². The van der Waals surface area contributed by atoms with E-state index in [0.717, 1.165) is 0 Å². The fourth-order valence-corrected chi connectivity index (χ4v) is 2.61. The minimum atomic E-state index is -0.962. The molecule has 160 valence electrons. The SMILES string of the molecule is COc1ccc(C(=O)N[C@@H](C(=O)OCC(=O)NC(=O)c2cccn2C)C(C)C)cc1. The third-order valence-corrected chi connectivity index (χ3v) is 4.33. The zero-order chi connectivity index (χ0) is 22.3. The van der Waals surface area contributed by atoms with Crippen LogP contribution in [0.5, 0.6) is 5.75 Å². The molecule has 9 nitrogen and oxygen atoms in total. The van der Waals surface area contributed by atoms with Crippen LogP contribution < -0.4 is 15.4 Å². The van der Waals surface area contributed by atoms with Gasteiger partial charge in [0.25, 0.3) is 17.7 Å². The summed E-state index contributed by atoms with van der Waals surface area (Å²) < 4.78 is 11.6. The largest absolute Gasteiger partial charge is 0.497 e. The van der Waals surface area contributed by atoms with Crippen molar-refractivity contribution >= 4 is 23.7 Å². The summed E-state index contributed by atoms with van der Waals surface area (Å²) in [5.41, 5.74) is 0.640. The van der Waals surface area contributed by atoms with Crippen LogP contribution in [0.3, 0.4) is 0 Å². The number of methoxy groups -OCH3 is 1. The van der Waals surface area contributed by atoms with Crippen LogP contribution in [0.1, 0.15) is 34.7 Å². The van der Waals surface area contributed by atoms with Crippen LogP contribution in [-0.2, 0) is 21.4 Å². The molecule has 2 N–H and O–H groups in total. The number of amides is 3. The molecule has 3 amide bonds. The average Bonchev–Trinajstić information content (AvgIpc) is 3.15. The van der Waals surface area contributed by atoms with E-state index in [4.69, 9.17) is 9.47 Å². The van der Waals surface area contributed by atoms with Crippen molar-refractivity contribution in [2.24, 2.45) is 13.0 Å². The van der Waals surface area contributed by atoms with Crippen molar-refractivity contribution in [3.05, 3.63) is 53.9 Å². The first kappa shape index (κ1) is 22.7. The summed E-state index contributed by atoms with van der Waals surface area (Å²) >= 11 is 0. The summed E-state index contributed by atoms with van der Waals surface area (Å²) in [7, 11) is 3.18. The van der Waals surface area contributed by atoms with Crippen LogP contribution in [0.15, 0.2) is 42.6 Å². The van der Waals surface area contributed by atoms with E-state index >= 15 is 0 Å². The van der Waals surface area contributed by atoms with Gasteiger partial charge in [-0.05, 0) is 42.3 Å². The molecule has 0 saturated carbocycles. The molecule has 0 aliphatic rings. The van der Waals surface area contributed by atoms with Crippen LogP contribution in [0, 0.1) is 5.92 Å². The smallest absolute Gasteiger partial charge is 0.329 e. The van der Waals surface area contributed by atoms with E-state index < -0.39 is 36.3 Å². The molecule has 0 saturated heterocycles. The van der Waals surface area contributed by atoms with Crippen LogP contribution in [-0.4, -0.2) is 48.0 Å². The fourth-order valence-electron chi connectivity index (χ4n) is 2.61. The maximum Gasteiger partial charge on any atom is 0.329 e. The van der Waals surface area contributed by atoms with Gasteiger partial charge in [0.2, 0.25) is 0 Å². The van der Waals surface area contributed by atoms with Crippen LogP contribution in [0.4, 0.5) is 0 Å². The lowest BCUT2D eigenvalue weighted by molar-refractivity contribution is -0.151. The van der Waals surface area contributed by atoms with Gasteiger partial charge in [0.1, 0.15) is 17.5 Å². The summed E-state index contributed by atoms with van der Waals surface area (Å²) in [4.78, 5) is 48.8. The Hall–Kier alpha value is -3.62. The number of aryl methyl sites for hydroxylation is 1. The van der Waals surface area contributed by atoms with E-state index in [9.17, 15) is 19.2 Å². The highest BCUT2D eigenvalue weighted by Gasteiger charge is 2.27. The van der Waals surface area contributed by atoms with Crippen LogP contribution >= 0.6 is 0 Å². The topological polar surface area (TPSA) is 116 Å². The highest BCUT2D eigenvalue weighted by Crippen LogP contribution is 2.12. The lowest BCUT2D eigenvalue weighted by atomic mass is 10.0. The number of ether oxygens (including phenoxy) is 2. The monoisotopic (exact) mass is 415 g/mol. The van der Waals surface area contributed by atoms with Crippen molar-refractivity contribution in [3.8, 4) is 5.75 Å². The minimum Gasteiger partial charge on any atom is -0.497 e. The average molecular weight is 415 g/mol. The second kappa shape index (κ2) is 10.2. The maximum atomic E-state index is 12.4. The molecule has 2 aromatic rings. The van der Waals surface area contributed by atoms with Gasteiger partial charge < -0.3 is 19.4 Å². The van der Waals surface area contributed by atoms with E-state index in [1.165, 1.54) is 7.11 Å². The molecule has 9 heteroatoms. The summed E-state index contributed by atoms with van der Waals surface area (Å²) in [5, 5.41) is 4.76. The molecule has 0 unspecified atom stereocenters. The first-order valence-corrected chi connectivity index (χ1v) is 9.30. The van der Waals surface area contributed by atoms with Gasteiger partial charge in [-0.2, -0.15) is 0 Å². The predicted molar refractivity (Wildman–Crippen MR) is 108 cm³/mol. The molecule has 1 atom stereocenters. The number of rotatable bonds is 8. The number of hydrogen-bond acceptors (Lipinski definition) is 6. The molecule has 1 aromatic carbocycles. The van der Waals surface area contributed by atoms with Gasteiger partial charge >= 0.3 is 5.97 Å². The molecule has 0 spiro atoms. The number of aromatic nitrogens is 1. The van der Waals surface area contributed by atoms with E-state index in [-0.39, 0.29) is 5.92 Å². The molecule has 0 fully saturated rings. The number of benzene rings is 1. The quantitative estimate of drug-likeness (QED) is 0.628. The Labute approximate surface area is 174 Å². The number of carbonyl (C=O) groups excluding carboxylic acids is 4. The van der Waals surface area contributed by atoms with Gasteiger partial charge in [0.15, 0.2) is 6.61 Å². The normalized spacial score (nSPS) is 11.5. The Morgan fingerprint density at radius 1 is 1.03 bits per heavy atom. The van der Waals surface area contributed by atoms with Crippen LogP contribution in [0.25, 0.3) is 0 Å². The van der Waals surface area contributed by atoms with Crippen molar-refractivity contribution in [2.45, 2.75) is 19.9 Å². The lowest BCUT2D eigenvalue weighted by Crippen LogP contribution is -2.46. The number of hydrogen-bond donors (Lipinski definition) is 2. The Kier molecular flexibility index (Phi) is 7.74. The van der Waals surface area contributed by atoms with Crippen molar-refractivity contribution in [3.63, 3.8) is 0 Å². The van der Waals surface area contributed by atoms with Gasteiger partial charge in [0, 0.05) is 18.8 Å². The second-order valence-electron chi connectivity index (χ2n) is 6.91. The molecule has 0 aliphatic heterocycles. The summed E-state index contributed by atoms with van der Waals surface area (Å²) in [6, 6.07) is 8.66. The fraction of sp³-hybridized carbons (Fsp3) is 0.333. The first-order chi connectivity index (χ1) is 14.2. The highest BCUT2D eigenvalue weighted by molar-refractivity contribution is 6.04. The molecule has 0 bridgehead atoms. The third-order valence-electron chi connectivity index (χ3n) is 4.33. The molecular formula is C21H25N3O6. The predicted octanol–water partition coefficient (Wildman–Crippen LogP) is 1.29. The molecule has 0 radical (unpaired) electrons. The Morgan fingerprint density at radius 2 is 1.70 bits per heavy atom. The summed E-state index contributed by atoms with van der Waals surface area (Å²) in [6.45, 7) is 2.83. The van der Waals surface area contributed by atoms with Crippen molar-refractivity contribution in [2.75, 3.05) is 13.7 Å². The Balaban J connectivity index is 1.91. The number of nitrogens with one attached hydrogen (secondary N) is 2. The van der Waals surface area contributed by atoms with Gasteiger partial charge in [-0.15, -0.1) is 0 Å². The molecule has 30 heavy (non-hydrogen) atoms. The van der Waals surface area contributed by atoms with E-state index in [1.807, 2.05) is 0 Å². The summed E-state index contributed by atoms with van der Waals surface area (Å²) in [5.74, 6) is -2.28. The minimum absolute atomic E-state index is 0.284. The van der Waals surface area contributed by atoms with Crippen molar-refractivity contribution in [1.29, 1.82) is 0 Å². The number of carbonyl (C=O) groups is 4. The molecular weight excluding hydrogens is 390 g/mol. The van der Waals surface area contributed by atoms with E-state index in [0.29, 0.717) is 17.0 Å². The number of nitrogens with zero attached hydrogens (tertiary/aromatic N) is 1. The number of esters is 1. The van der Waals surface area contributed by atoms with Gasteiger partial charge in [-0.3, -0.25) is 19.7 Å². The third kappa shape index (κ3) is 5.94. The van der Waals surface area contributed by atoms with E-state index in [2.05, 4.69) is 10.6 Å². The lowest BCUT2D eigenvalue weighted by Gasteiger charge is -2.20. The van der Waals surface area contributed by atoms with E-state index in [1.54, 1.807) is 68.1 Å². The maximum absolute atomic E-state index is 12.4.